The van der Waals surface area contributed by atoms with Crippen LogP contribution in [0.1, 0.15) is 0 Å². The lowest BCUT2D eigenvalue weighted by Crippen LogP contribution is -1.96. The van der Waals surface area contributed by atoms with E-state index in [4.69, 9.17) is 0 Å². The second-order valence-corrected chi connectivity index (χ2v) is 14.6. The van der Waals surface area contributed by atoms with Gasteiger partial charge in [-0.1, -0.05) is 133 Å². The molecule has 3 nitrogen and oxygen atoms in total. The molecular formula is C52H33N3. The Morgan fingerprint density at radius 2 is 0.818 bits per heavy atom. The van der Waals surface area contributed by atoms with E-state index in [0.717, 1.165) is 17.1 Å². The van der Waals surface area contributed by atoms with Crippen LogP contribution in [0, 0.1) is 0 Å². The van der Waals surface area contributed by atoms with E-state index in [1.165, 1.54) is 87.3 Å². The summed E-state index contributed by atoms with van der Waals surface area (Å²) in [5.41, 5.74) is 13.1. The van der Waals surface area contributed by atoms with E-state index >= 15 is 0 Å². The zero-order valence-electron chi connectivity index (χ0n) is 29.9. The van der Waals surface area contributed by atoms with Crippen molar-refractivity contribution in [1.29, 1.82) is 0 Å². The molecule has 0 N–H and O–H groups in total. The van der Waals surface area contributed by atoms with Gasteiger partial charge in [-0.15, -0.1) is 0 Å². The molecule has 0 bridgehead atoms. The molecule has 0 aliphatic carbocycles. The molecule has 12 aromatic rings. The zero-order valence-corrected chi connectivity index (χ0v) is 29.9. The van der Waals surface area contributed by atoms with Crippen LogP contribution in [-0.4, -0.2) is 13.7 Å². The number of rotatable bonds is 4. The quantitative estimate of drug-likeness (QED) is 0.174. The van der Waals surface area contributed by atoms with Gasteiger partial charge in [0.05, 0.1) is 33.1 Å². The molecule has 0 amide bonds. The van der Waals surface area contributed by atoms with Crippen LogP contribution in [0.3, 0.4) is 0 Å². The zero-order chi connectivity index (χ0) is 36.0. The number of hydrogen-bond acceptors (Lipinski definition) is 0. The minimum Gasteiger partial charge on any atom is -0.309 e. The fourth-order valence-electron chi connectivity index (χ4n) is 9.20. The Hall–Kier alpha value is -7.36. The molecule has 256 valence electrons. The number of aromatic nitrogens is 3. The highest BCUT2D eigenvalue weighted by Gasteiger charge is 2.21. The first kappa shape index (κ1) is 30.1. The van der Waals surface area contributed by atoms with Crippen molar-refractivity contribution in [1.82, 2.24) is 13.7 Å². The summed E-state index contributed by atoms with van der Waals surface area (Å²) in [4.78, 5) is 0. The topological polar surface area (TPSA) is 14.8 Å². The molecule has 9 aromatic carbocycles. The average Bonchev–Trinajstić information content (AvgIpc) is 3.89. The maximum absolute atomic E-state index is 2.49. The first-order valence-corrected chi connectivity index (χ1v) is 18.9. The molecule has 0 spiro atoms. The highest BCUT2D eigenvalue weighted by molar-refractivity contribution is 6.26. The van der Waals surface area contributed by atoms with E-state index in [1.54, 1.807) is 0 Å². The monoisotopic (exact) mass is 699 g/mol. The highest BCUT2D eigenvalue weighted by Crippen LogP contribution is 2.43. The van der Waals surface area contributed by atoms with E-state index in [2.05, 4.69) is 214 Å². The van der Waals surface area contributed by atoms with Gasteiger partial charge < -0.3 is 13.7 Å². The number of fused-ring (bicyclic) bond motifs is 11. The van der Waals surface area contributed by atoms with Gasteiger partial charge in [0.2, 0.25) is 0 Å². The van der Waals surface area contributed by atoms with Crippen molar-refractivity contribution in [2.75, 3.05) is 0 Å². The van der Waals surface area contributed by atoms with Crippen molar-refractivity contribution in [3.8, 4) is 28.2 Å². The molecule has 12 rings (SSSR count). The predicted molar refractivity (Wildman–Crippen MR) is 232 cm³/mol. The Bertz CT molecular complexity index is 3490. The molecule has 3 heterocycles. The maximum atomic E-state index is 2.49. The molecule has 3 aromatic heterocycles. The molecule has 55 heavy (non-hydrogen) atoms. The second-order valence-electron chi connectivity index (χ2n) is 14.6. The Kier molecular flexibility index (Phi) is 6.34. The number of para-hydroxylation sites is 4. The lowest BCUT2D eigenvalue weighted by molar-refractivity contribution is 1.18. The molecule has 0 saturated carbocycles. The number of hydrogen-bond donors (Lipinski definition) is 0. The molecule has 0 unspecified atom stereocenters. The van der Waals surface area contributed by atoms with Crippen LogP contribution in [-0.2, 0) is 0 Å². The van der Waals surface area contributed by atoms with Crippen molar-refractivity contribution in [2.24, 2.45) is 0 Å². The molecule has 0 radical (unpaired) electrons. The van der Waals surface area contributed by atoms with Crippen LogP contribution in [0.2, 0.25) is 0 Å². The van der Waals surface area contributed by atoms with Crippen molar-refractivity contribution in [3.63, 3.8) is 0 Å². The van der Waals surface area contributed by atoms with E-state index < -0.39 is 0 Å². The average molecular weight is 700 g/mol. The van der Waals surface area contributed by atoms with Crippen molar-refractivity contribution in [2.45, 2.75) is 0 Å². The normalized spacial score (nSPS) is 12.0. The number of nitrogens with zero attached hydrogens (tertiary/aromatic N) is 3. The van der Waals surface area contributed by atoms with Gasteiger partial charge in [-0.25, -0.2) is 0 Å². The molecule has 0 saturated heterocycles. The minimum absolute atomic E-state index is 1.14. The first-order chi connectivity index (χ1) is 27.3. The standard InChI is InChI=1S/C52H33N3/c1-2-16-38(17-3-1)53-46-22-9-6-19-41(46)43-28-26-37(33-50(43)53)36-15-12-18-39(32-36)55-47-23-10-7-20-42(47)44-29-30-49-51(52(44)55)45-21-8-11-24-48(45)54(49)40-27-25-34-13-4-5-14-35(34)31-40/h1-33H. The fourth-order valence-corrected chi connectivity index (χ4v) is 9.20. The van der Waals surface area contributed by atoms with Gasteiger partial charge in [0.25, 0.3) is 0 Å². The third kappa shape index (κ3) is 4.38. The minimum atomic E-state index is 1.14. The first-order valence-electron chi connectivity index (χ1n) is 18.9. The lowest BCUT2D eigenvalue weighted by atomic mass is 10.0. The predicted octanol–water partition coefficient (Wildman–Crippen LogP) is 13.8. The van der Waals surface area contributed by atoms with Gasteiger partial charge in [0.15, 0.2) is 0 Å². The molecule has 0 atom stereocenters. The van der Waals surface area contributed by atoms with Gasteiger partial charge in [-0.2, -0.15) is 0 Å². The summed E-state index contributed by atoms with van der Waals surface area (Å²) < 4.78 is 7.33. The van der Waals surface area contributed by atoms with Gasteiger partial charge in [0.1, 0.15) is 0 Å². The van der Waals surface area contributed by atoms with Crippen LogP contribution >= 0.6 is 0 Å². The summed E-state index contributed by atoms with van der Waals surface area (Å²) in [5, 5.41) is 10.0. The SMILES string of the molecule is c1ccc(-n2c3ccccc3c3ccc(-c4cccc(-n5c6ccccc6c6ccc7c(c8ccccc8n7-c7ccc8ccccc8c7)c65)c4)cc32)cc1. The van der Waals surface area contributed by atoms with E-state index in [9.17, 15) is 0 Å². The summed E-state index contributed by atoms with van der Waals surface area (Å²) >= 11 is 0. The summed E-state index contributed by atoms with van der Waals surface area (Å²) in [6, 6.07) is 73.2. The van der Waals surface area contributed by atoms with Crippen LogP contribution in [0.25, 0.3) is 104 Å². The van der Waals surface area contributed by atoms with Crippen LogP contribution in [0.5, 0.6) is 0 Å². The third-order valence-corrected chi connectivity index (χ3v) is 11.6. The Balaban J connectivity index is 1.12. The molecule has 0 aliphatic heterocycles. The van der Waals surface area contributed by atoms with Crippen LogP contribution < -0.4 is 0 Å². The molecule has 0 aliphatic rings. The Labute approximate surface area is 317 Å². The Morgan fingerprint density at radius 3 is 1.64 bits per heavy atom. The maximum Gasteiger partial charge on any atom is 0.0641 e. The third-order valence-electron chi connectivity index (χ3n) is 11.6. The van der Waals surface area contributed by atoms with Crippen molar-refractivity contribution >= 4 is 76.2 Å². The van der Waals surface area contributed by atoms with E-state index in [1.807, 2.05) is 0 Å². The molecule has 0 fully saturated rings. The largest absolute Gasteiger partial charge is 0.309 e. The summed E-state index contributed by atoms with van der Waals surface area (Å²) in [7, 11) is 0. The second kappa shape index (κ2) is 11.6. The lowest BCUT2D eigenvalue weighted by Gasteiger charge is -2.13. The smallest absolute Gasteiger partial charge is 0.0641 e. The fraction of sp³-hybridized carbons (Fsp3) is 0. The van der Waals surface area contributed by atoms with E-state index in [0.29, 0.717) is 0 Å². The van der Waals surface area contributed by atoms with Gasteiger partial charge in [-0.05, 0) is 88.6 Å². The number of benzene rings is 9. The highest BCUT2D eigenvalue weighted by atomic mass is 15.0. The van der Waals surface area contributed by atoms with E-state index in [-0.39, 0.29) is 0 Å². The van der Waals surface area contributed by atoms with Gasteiger partial charge in [0, 0.05) is 49.4 Å². The summed E-state index contributed by atoms with van der Waals surface area (Å²) in [5.74, 6) is 0. The van der Waals surface area contributed by atoms with Crippen LogP contribution in [0.4, 0.5) is 0 Å². The van der Waals surface area contributed by atoms with Crippen LogP contribution in [0.15, 0.2) is 200 Å². The van der Waals surface area contributed by atoms with Gasteiger partial charge >= 0.3 is 0 Å². The van der Waals surface area contributed by atoms with Crippen molar-refractivity contribution in [3.05, 3.63) is 200 Å². The van der Waals surface area contributed by atoms with Crippen molar-refractivity contribution < 1.29 is 0 Å². The Morgan fingerprint density at radius 1 is 0.255 bits per heavy atom. The molecular weight excluding hydrogens is 667 g/mol. The summed E-state index contributed by atoms with van der Waals surface area (Å²) in [6.07, 6.45) is 0. The molecule has 3 heteroatoms. The van der Waals surface area contributed by atoms with Gasteiger partial charge in [-0.3, -0.25) is 0 Å². The summed E-state index contributed by atoms with van der Waals surface area (Å²) in [6.45, 7) is 0.